The van der Waals surface area contributed by atoms with Gasteiger partial charge in [0.1, 0.15) is 5.75 Å². The fraction of sp³-hybridized carbons (Fsp3) is 0.400. The molecule has 0 aliphatic carbocycles. The van der Waals surface area contributed by atoms with Crippen molar-refractivity contribution in [3.8, 4) is 5.75 Å². The van der Waals surface area contributed by atoms with E-state index >= 15 is 0 Å². The van der Waals surface area contributed by atoms with Gasteiger partial charge in [-0.1, -0.05) is 17.2 Å². The quantitative estimate of drug-likeness (QED) is 0.411. The molecule has 0 aromatic heterocycles. The van der Waals surface area contributed by atoms with Gasteiger partial charge < -0.3 is 4.74 Å². The smallest absolute Gasteiger partial charge is 0.124 e. The van der Waals surface area contributed by atoms with Gasteiger partial charge in [-0.05, 0) is 36.1 Å². The van der Waals surface area contributed by atoms with Gasteiger partial charge >= 0.3 is 0 Å². The first-order chi connectivity index (χ1) is 6.69. The van der Waals surface area contributed by atoms with E-state index in [1.54, 1.807) is 7.11 Å². The summed E-state index contributed by atoms with van der Waals surface area (Å²) in [6.45, 7) is 4.35. The second-order valence-corrected chi connectivity index (χ2v) is 3.15. The molecule has 0 unspecified atom stereocenters. The van der Waals surface area contributed by atoms with Crippen molar-refractivity contribution in [1.29, 1.82) is 0 Å². The average Bonchev–Trinajstić information content (AvgIpc) is 2.14. The molecule has 0 heterocycles. The van der Waals surface area contributed by atoms with Crippen LogP contribution in [0.1, 0.15) is 16.7 Å². The zero-order valence-electron chi connectivity index (χ0n) is 8.61. The Morgan fingerprint density at radius 3 is 2.36 bits per heavy atom. The van der Waals surface area contributed by atoms with Crippen LogP contribution in [-0.4, -0.2) is 7.11 Å². The van der Waals surface area contributed by atoms with E-state index in [4.69, 9.17) is 10.3 Å². The molecule has 4 nitrogen and oxygen atoms in total. The summed E-state index contributed by atoms with van der Waals surface area (Å²) in [4.78, 5) is 2.73. The van der Waals surface area contributed by atoms with Gasteiger partial charge in [-0.2, -0.15) is 0 Å². The zero-order chi connectivity index (χ0) is 10.6. The van der Waals surface area contributed by atoms with Gasteiger partial charge in [-0.25, -0.2) is 0 Å². The van der Waals surface area contributed by atoms with Crippen molar-refractivity contribution in [2.45, 2.75) is 20.4 Å². The van der Waals surface area contributed by atoms with Gasteiger partial charge in [0.05, 0.1) is 13.7 Å². The Hall–Kier alpha value is -1.67. The Labute approximate surface area is 83.1 Å². The van der Waals surface area contributed by atoms with Crippen LogP contribution in [-0.2, 0) is 6.54 Å². The number of ether oxygens (including phenoxy) is 1. The first-order valence-electron chi connectivity index (χ1n) is 4.34. The van der Waals surface area contributed by atoms with Crippen molar-refractivity contribution in [3.63, 3.8) is 0 Å². The second kappa shape index (κ2) is 4.53. The highest BCUT2D eigenvalue weighted by molar-refractivity contribution is 5.43. The van der Waals surface area contributed by atoms with Crippen LogP contribution in [0, 0.1) is 13.8 Å². The lowest BCUT2D eigenvalue weighted by atomic mass is 10.1. The van der Waals surface area contributed by atoms with E-state index in [9.17, 15) is 0 Å². The molecule has 0 bridgehead atoms. The van der Waals surface area contributed by atoms with Crippen molar-refractivity contribution < 1.29 is 4.74 Å². The molecule has 0 fully saturated rings. The average molecular weight is 191 g/mol. The molecule has 74 valence electrons. The Morgan fingerprint density at radius 1 is 1.36 bits per heavy atom. The maximum Gasteiger partial charge on any atom is 0.124 e. The SMILES string of the molecule is COc1c(C)cc(CN=[N+]=[N-])cc1C. The number of hydrogen-bond acceptors (Lipinski definition) is 2. The van der Waals surface area contributed by atoms with Gasteiger partial charge in [0.25, 0.3) is 0 Å². The molecule has 0 spiro atoms. The monoisotopic (exact) mass is 191 g/mol. The van der Waals surface area contributed by atoms with Gasteiger partial charge in [0.15, 0.2) is 0 Å². The molecule has 14 heavy (non-hydrogen) atoms. The summed E-state index contributed by atoms with van der Waals surface area (Å²) in [5.41, 5.74) is 11.3. The highest BCUT2D eigenvalue weighted by Crippen LogP contribution is 2.24. The lowest BCUT2D eigenvalue weighted by Crippen LogP contribution is -1.93. The largest absolute Gasteiger partial charge is 0.496 e. The summed E-state index contributed by atoms with van der Waals surface area (Å²) in [6, 6.07) is 3.95. The first kappa shape index (κ1) is 10.4. The van der Waals surface area contributed by atoms with E-state index in [1.165, 1.54) is 0 Å². The van der Waals surface area contributed by atoms with E-state index < -0.39 is 0 Å². The van der Waals surface area contributed by atoms with Crippen molar-refractivity contribution in [2.24, 2.45) is 5.11 Å². The van der Waals surface area contributed by atoms with Crippen molar-refractivity contribution >= 4 is 0 Å². The normalized spacial score (nSPS) is 9.36. The number of rotatable bonds is 3. The molecular weight excluding hydrogens is 178 g/mol. The van der Waals surface area contributed by atoms with E-state index in [1.807, 2.05) is 26.0 Å². The van der Waals surface area contributed by atoms with Crippen LogP contribution < -0.4 is 4.74 Å². The van der Waals surface area contributed by atoms with Crippen LogP contribution in [0.25, 0.3) is 10.4 Å². The molecule has 0 saturated carbocycles. The lowest BCUT2D eigenvalue weighted by Gasteiger charge is -2.09. The predicted molar refractivity (Wildman–Crippen MR) is 55.3 cm³/mol. The molecular formula is C10H13N3O. The van der Waals surface area contributed by atoms with E-state index in [0.717, 1.165) is 22.4 Å². The van der Waals surface area contributed by atoms with E-state index in [2.05, 4.69) is 10.0 Å². The van der Waals surface area contributed by atoms with Crippen LogP contribution >= 0.6 is 0 Å². The maximum atomic E-state index is 8.20. The van der Waals surface area contributed by atoms with Crippen LogP contribution in [0.4, 0.5) is 0 Å². The summed E-state index contributed by atoms with van der Waals surface area (Å²) in [6.07, 6.45) is 0. The third-order valence-electron chi connectivity index (χ3n) is 2.04. The standard InChI is InChI=1S/C10H13N3O/c1-7-4-9(6-12-13-11)5-8(2)10(7)14-3/h4-5H,6H2,1-3H3. The molecule has 0 aliphatic rings. The Balaban J connectivity index is 3.07. The van der Waals surface area contributed by atoms with Crippen LogP contribution in [0.15, 0.2) is 17.2 Å². The lowest BCUT2D eigenvalue weighted by molar-refractivity contribution is 0.408. The molecule has 1 aromatic rings. The topological polar surface area (TPSA) is 58.0 Å². The van der Waals surface area contributed by atoms with Crippen LogP contribution in [0.5, 0.6) is 5.75 Å². The number of nitrogens with zero attached hydrogens (tertiary/aromatic N) is 3. The van der Waals surface area contributed by atoms with Gasteiger partial charge in [0, 0.05) is 4.91 Å². The molecule has 1 aromatic carbocycles. The highest BCUT2D eigenvalue weighted by atomic mass is 16.5. The van der Waals surface area contributed by atoms with E-state index in [-0.39, 0.29) is 0 Å². The summed E-state index contributed by atoms with van der Waals surface area (Å²) in [5.74, 6) is 0.898. The minimum absolute atomic E-state index is 0.391. The Kier molecular flexibility index (Phi) is 3.37. The Bertz CT molecular complexity index is 358. The zero-order valence-corrected chi connectivity index (χ0v) is 8.61. The molecule has 0 saturated heterocycles. The minimum atomic E-state index is 0.391. The molecule has 0 N–H and O–H groups in total. The molecule has 0 atom stereocenters. The third-order valence-corrected chi connectivity index (χ3v) is 2.04. The summed E-state index contributed by atoms with van der Waals surface area (Å²) < 4.78 is 5.23. The molecule has 0 aliphatic heterocycles. The maximum absolute atomic E-state index is 8.20. The number of azide groups is 1. The molecule has 1 rings (SSSR count). The van der Waals surface area contributed by atoms with Gasteiger partial charge in [-0.15, -0.1) is 0 Å². The van der Waals surface area contributed by atoms with Crippen LogP contribution in [0.2, 0.25) is 0 Å². The fourth-order valence-corrected chi connectivity index (χ4v) is 1.57. The van der Waals surface area contributed by atoms with E-state index in [0.29, 0.717) is 6.54 Å². The number of benzene rings is 1. The second-order valence-electron chi connectivity index (χ2n) is 3.15. The molecule has 0 radical (unpaired) electrons. The number of hydrogen-bond donors (Lipinski definition) is 0. The van der Waals surface area contributed by atoms with Gasteiger partial charge in [-0.3, -0.25) is 0 Å². The summed E-state index contributed by atoms with van der Waals surface area (Å²) in [5, 5.41) is 3.52. The molecule has 0 amide bonds. The van der Waals surface area contributed by atoms with Crippen molar-refractivity contribution in [1.82, 2.24) is 0 Å². The predicted octanol–water partition coefficient (Wildman–Crippen LogP) is 3.12. The summed E-state index contributed by atoms with van der Waals surface area (Å²) >= 11 is 0. The molecule has 4 heteroatoms. The third kappa shape index (κ3) is 2.18. The van der Waals surface area contributed by atoms with Crippen molar-refractivity contribution in [2.75, 3.05) is 7.11 Å². The van der Waals surface area contributed by atoms with Crippen LogP contribution in [0.3, 0.4) is 0 Å². The fourth-order valence-electron chi connectivity index (χ4n) is 1.57. The Morgan fingerprint density at radius 2 is 1.93 bits per heavy atom. The number of methoxy groups -OCH3 is 1. The first-order valence-corrected chi connectivity index (χ1v) is 4.34. The number of aryl methyl sites for hydroxylation is 2. The minimum Gasteiger partial charge on any atom is -0.496 e. The van der Waals surface area contributed by atoms with Gasteiger partial charge in [0.2, 0.25) is 0 Å². The van der Waals surface area contributed by atoms with Crippen molar-refractivity contribution in [3.05, 3.63) is 39.3 Å². The highest BCUT2D eigenvalue weighted by Gasteiger charge is 2.03. The summed E-state index contributed by atoms with van der Waals surface area (Å²) in [7, 11) is 1.66.